The minimum absolute atomic E-state index is 0.0197. The fourth-order valence-electron chi connectivity index (χ4n) is 3.56. The quantitative estimate of drug-likeness (QED) is 0.388. The van der Waals surface area contributed by atoms with E-state index in [9.17, 15) is 19.2 Å². The number of carbonyl (C=O) groups is 4. The molecule has 0 fully saturated rings. The normalized spacial score (nSPS) is 14.8. The van der Waals surface area contributed by atoms with Crippen LogP contribution >= 0.6 is 0 Å². The molecule has 0 saturated carbocycles. The van der Waals surface area contributed by atoms with Gasteiger partial charge in [-0.3, -0.25) is 24.2 Å². The average Bonchev–Trinajstić information content (AvgIpc) is 2.69. The molecule has 4 N–H and O–H groups in total. The van der Waals surface area contributed by atoms with Crippen molar-refractivity contribution in [3.8, 4) is 0 Å². The van der Waals surface area contributed by atoms with Gasteiger partial charge >= 0.3 is 5.97 Å². The molecule has 0 spiro atoms. The van der Waals surface area contributed by atoms with Crippen molar-refractivity contribution < 1.29 is 24.3 Å². The summed E-state index contributed by atoms with van der Waals surface area (Å²) in [5.74, 6) is -1.94. The SMILES string of the molecule is CC(=O)C(CCCC(C)[C@H](C)CC(=O)N[C@@H](CC(=O)O)C(N)=O)CCc1ccncc1. The van der Waals surface area contributed by atoms with E-state index in [0.717, 1.165) is 32.1 Å². The Hall–Kier alpha value is -2.77. The molecule has 1 aromatic heterocycles. The van der Waals surface area contributed by atoms with Gasteiger partial charge in [0.05, 0.1) is 6.42 Å². The van der Waals surface area contributed by atoms with Crippen LogP contribution in [-0.2, 0) is 25.6 Å². The van der Waals surface area contributed by atoms with Crippen molar-refractivity contribution in [1.82, 2.24) is 10.3 Å². The van der Waals surface area contributed by atoms with Crippen molar-refractivity contribution >= 4 is 23.6 Å². The summed E-state index contributed by atoms with van der Waals surface area (Å²) in [6, 6.07) is 2.72. The summed E-state index contributed by atoms with van der Waals surface area (Å²) in [4.78, 5) is 50.3. The number of aromatic nitrogens is 1. The zero-order chi connectivity index (χ0) is 23.4. The second kappa shape index (κ2) is 13.5. The van der Waals surface area contributed by atoms with Crippen LogP contribution in [0.3, 0.4) is 0 Å². The van der Waals surface area contributed by atoms with Gasteiger partial charge in [0, 0.05) is 24.7 Å². The van der Waals surface area contributed by atoms with Crippen molar-refractivity contribution in [3.63, 3.8) is 0 Å². The molecule has 0 aromatic carbocycles. The van der Waals surface area contributed by atoms with Crippen molar-refractivity contribution in [2.45, 2.75) is 71.8 Å². The molecular formula is C23H35N3O5. The Bertz CT molecular complexity index is 738. The number of pyridine rings is 1. The predicted octanol–water partition coefficient (Wildman–Crippen LogP) is 2.50. The summed E-state index contributed by atoms with van der Waals surface area (Å²) in [7, 11) is 0. The lowest BCUT2D eigenvalue weighted by Crippen LogP contribution is -2.46. The maximum Gasteiger partial charge on any atom is 0.305 e. The Labute approximate surface area is 184 Å². The van der Waals surface area contributed by atoms with Crippen molar-refractivity contribution in [2.24, 2.45) is 23.5 Å². The Kier molecular flexibility index (Phi) is 11.5. The molecule has 0 aliphatic heterocycles. The molecule has 0 saturated heterocycles. The largest absolute Gasteiger partial charge is 0.481 e. The standard InChI is InChI=1S/C23H35N3O5/c1-15(16(2)13-21(28)26-20(23(24)31)14-22(29)30)5-4-6-19(17(3)27)8-7-18-9-11-25-12-10-18/h9-12,15-16,19-20H,4-8,13-14H2,1-3H3,(H2,24,31)(H,26,28)(H,29,30)/t15?,16-,19?,20+/m1/s1. The van der Waals surface area contributed by atoms with Gasteiger partial charge < -0.3 is 16.2 Å². The van der Waals surface area contributed by atoms with Crippen LogP contribution in [0.25, 0.3) is 0 Å². The van der Waals surface area contributed by atoms with Gasteiger partial charge in [-0.2, -0.15) is 0 Å². The first-order chi connectivity index (χ1) is 14.6. The van der Waals surface area contributed by atoms with Gasteiger partial charge in [-0.25, -0.2) is 0 Å². The summed E-state index contributed by atoms with van der Waals surface area (Å²) in [5, 5.41) is 11.2. The Balaban J connectivity index is 2.42. The van der Waals surface area contributed by atoms with Gasteiger partial charge in [-0.1, -0.05) is 26.7 Å². The molecule has 4 atom stereocenters. The van der Waals surface area contributed by atoms with Gasteiger partial charge in [0.1, 0.15) is 11.8 Å². The van der Waals surface area contributed by atoms with E-state index in [2.05, 4.69) is 17.2 Å². The topological polar surface area (TPSA) is 139 Å². The van der Waals surface area contributed by atoms with Crippen LogP contribution in [0.2, 0.25) is 0 Å². The third-order valence-electron chi connectivity index (χ3n) is 5.85. The van der Waals surface area contributed by atoms with Crippen LogP contribution in [-0.4, -0.2) is 39.7 Å². The lowest BCUT2D eigenvalue weighted by molar-refractivity contribution is -0.140. The molecule has 31 heavy (non-hydrogen) atoms. The Morgan fingerprint density at radius 3 is 2.23 bits per heavy atom. The van der Waals surface area contributed by atoms with Crippen molar-refractivity contribution in [2.75, 3.05) is 0 Å². The number of nitrogens with one attached hydrogen (secondary N) is 1. The molecule has 2 unspecified atom stereocenters. The molecule has 1 aromatic rings. The highest BCUT2D eigenvalue weighted by atomic mass is 16.4. The Morgan fingerprint density at radius 2 is 1.68 bits per heavy atom. The zero-order valence-corrected chi connectivity index (χ0v) is 18.7. The van der Waals surface area contributed by atoms with Gasteiger partial charge in [-0.05, 0) is 55.7 Å². The molecule has 172 valence electrons. The van der Waals surface area contributed by atoms with Crippen LogP contribution < -0.4 is 11.1 Å². The van der Waals surface area contributed by atoms with E-state index < -0.39 is 24.3 Å². The third kappa shape index (κ3) is 10.7. The summed E-state index contributed by atoms with van der Waals surface area (Å²) >= 11 is 0. The fraction of sp³-hybridized carbons (Fsp3) is 0.609. The first-order valence-electron chi connectivity index (χ1n) is 10.8. The number of amides is 2. The number of rotatable bonds is 15. The van der Waals surface area contributed by atoms with Crippen molar-refractivity contribution in [3.05, 3.63) is 30.1 Å². The number of ketones is 1. The second-order valence-corrected chi connectivity index (χ2v) is 8.41. The number of aryl methyl sites for hydroxylation is 1. The smallest absolute Gasteiger partial charge is 0.305 e. The zero-order valence-electron chi connectivity index (χ0n) is 18.7. The van der Waals surface area contributed by atoms with Crippen LogP contribution in [0.4, 0.5) is 0 Å². The second-order valence-electron chi connectivity index (χ2n) is 8.41. The molecule has 0 bridgehead atoms. The first-order valence-corrected chi connectivity index (χ1v) is 10.8. The van der Waals surface area contributed by atoms with Gasteiger partial charge in [-0.15, -0.1) is 0 Å². The first kappa shape index (κ1) is 26.3. The lowest BCUT2D eigenvalue weighted by atomic mass is 9.85. The molecular weight excluding hydrogens is 398 g/mol. The molecule has 1 heterocycles. The number of aliphatic carboxylic acids is 1. The highest BCUT2D eigenvalue weighted by Gasteiger charge is 2.24. The number of carbonyl (C=O) groups excluding carboxylic acids is 3. The average molecular weight is 434 g/mol. The molecule has 2 amide bonds. The molecule has 0 aliphatic rings. The minimum atomic E-state index is -1.20. The maximum absolute atomic E-state index is 12.2. The van der Waals surface area contributed by atoms with E-state index in [1.165, 1.54) is 5.56 Å². The van der Waals surface area contributed by atoms with E-state index in [0.29, 0.717) is 0 Å². The van der Waals surface area contributed by atoms with E-state index >= 15 is 0 Å². The molecule has 8 nitrogen and oxygen atoms in total. The number of carboxylic acid groups (broad SMARTS) is 1. The number of nitrogens with zero attached hydrogens (tertiary/aromatic N) is 1. The highest BCUT2D eigenvalue weighted by molar-refractivity contribution is 5.89. The van der Waals surface area contributed by atoms with E-state index in [4.69, 9.17) is 10.8 Å². The lowest BCUT2D eigenvalue weighted by Gasteiger charge is -2.22. The third-order valence-corrected chi connectivity index (χ3v) is 5.85. The summed E-state index contributed by atoms with van der Waals surface area (Å²) in [6.07, 6.45) is 7.39. The molecule has 0 radical (unpaired) electrons. The van der Waals surface area contributed by atoms with Crippen LogP contribution in [0, 0.1) is 17.8 Å². The van der Waals surface area contributed by atoms with Crippen LogP contribution in [0.1, 0.15) is 64.9 Å². The summed E-state index contributed by atoms with van der Waals surface area (Å²) in [5.41, 5.74) is 6.33. The number of primary amides is 1. The predicted molar refractivity (Wildman–Crippen MR) is 117 cm³/mol. The van der Waals surface area contributed by atoms with E-state index in [1.807, 2.05) is 19.1 Å². The van der Waals surface area contributed by atoms with Crippen molar-refractivity contribution in [1.29, 1.82) is 0 Å². The molecule has 0 aliphatic carbocycles. The van der Waals surface area contributed by atoms with E-state index in [1.54, 1.807) is 19.3 Å². The van der Waals surface area contributed by atoms with E-state index in [-0.39, 0.29) is 35.9 Å². The summed E-state index contributed by atoms with van der Waals surface area (Å²) in [6.45, 7) is 5.65. The van der Waals surface area contributed by atoms with Gasteiger partial charge in [0.25, 0.3) is 0 Å². The van der Waals surface area contributed by atoms with Gasteiger partial charge in [0.2, 0.25) is 11.8 Å². The number of hydrogen-bond donors (Lipinski definition) is 3. The van der Waals surface area contributed by atoms with Crippen LogP contribution in [0.15, 0.2) is 24.5 Å². The minimum Gasteiger partial charge on any atom is -0.481 e. The maximum atomic E-state index is 12.2. The highest BCUT2D eigenvalue weighted by Crippen LogP contribution is 2.24. The molecule has 8 heteroatoms. The summed E-state index contributed by atoms with van der Waals surface area (Å²) < 4.78 is 0. The van der Waals surface area contributed by atoms with Gasteiger partial charge in [0.15, 0.2) is 0 Å². The number of Topliss-reactive ketones (excluding diaryl/α,β-unsaturated/α-hetero) is 1. The fourth-order valence-corrected chi connectivity index (χ4v) is 3.56. The Morgan fingerprint density at radius 1 is 1.03 bits per heavy atom. The number of carboxylic acids is 1. The van der Waals surface area contributed by atoms with Crippen LogP contribution in [0.5, 0.6) is 0 Å². The number of hydrogen-bond acceptors (Lipinski definition) is 5. The molecule has 1 rings (SSSR count). The number of nitrogens with two attached hydrogens (primary N) is 1. The monoisotopic (exact) mass is 433 g/mol.